The van der Waals surface area contributed by atoms with Gasteiger partial charge in [0.1, 0.15) is 0 Å². The van der Waals surface area contributed by atoms with Crippen molar-refractivity contribution in [1.29, 1.82) is 5.41 Å². The third-order valence-corrected chi connectivity index (χ3v) is 0. The number of hydrogen-bond donors (Lipinski definition) is 5. The lowest BCUT2D eigenvalue weighted by atomic mass is 11.1. The quantitative estimate of drug-likeness (QED) is 0.117. The fourth-order valence-electron chi connectivity index (χ4n) is 0. The first kappa shape index (κ1) is 22.4. The molecule has 0 rings (SSSR count). The standard InChI is InChI=1S/CH5N3.Al.H2O4S.H2O.3H/c2-1(3)4;;1-5(2,3)4;;;;/h(H5,2,3,4);;(H2,1,2,3,4);1H2;;;. The molecule has 0 aliphatic heterocycles. The Bertz CT molecular complexity index is 164. The van der Waals surface area contributed by atoms with Gasteiger partial charge in [-0.2, -0.15) is 8.42 Å². The molecule has 0 aliphatic rings. The lowest BCUT2D eigenvalue weighted by Crippen LogP contribution is -2.20. The van der Waals surface area contributed by atoms with Crippen LogP contribution in [0.2, 0.25) is 0 Å². The second-order valence-corrected chi connectivity index (χ2v) is 1.80. The molecule has 0 radical (unpaired) electrons. The lowest BCUT2D eigenvalue weighted by Gasteiger charge is -1.69. The smallest absolute Gasteiger partial charge is 0.394 e. The van der Waals surface area contributed by atoms with Crippen molar-refractivity contribution in [2.45, 2.75) is 0 Å². The molecule has 0 aromatic rings. The molecule has 8 nitrogen and oxygen atoms in total. The topological polar surface area (TPSA) is 182 Å². The largest absolute Gasteiger partial charge is 0.412 e. The highest BCUT2D eigenvalue weighted by atomic mass is 32.3. The Morgan fingerprint density at radius 2 is 1.27 bits per heavy atom. The van der Waals surface area contributed by atoms with E-state index in [0.29, 0.717) is 0 Å². The molecule has 10 heteroatoms. The van der Waals surface area contributed by atoms with Gasteiger partial charge in [-0.3, -0.25) is 14.5 Å². The average Bonchev–Trinajstić information content (AvgIpc) is 1.19. The van der Waals surface area contributed by atoms with E-state index in [0.717, 1.165) is 0 Å². The van der Waals surface area contributed by atoms with Crippen LogP contribution in [-0.2, 0) is 10.4 Å². The first-order chi connectivity index (χ1) is 3.73. The second kappa shape index (κ2) is 9.63. The van der Waals surface area contributed by atoms with Crippen LogP contribution in [0.25, 0.3) is 0 Å². The number of hydrogen-bond acceptors (Lipinski definition) is 3. The minimum absolute atomic E-state index is 0. The summed E-state index contributed by atoms with van der Waals surface area (Å²) in [7, 11) is -4.67. The molecule has 0 spiro atoms. The summed E-state index contributed by atoms with van der Waals surface area (Å²) in [6.45, 7) is 0. The van der Waals surface area contributed by atoms with Crippen molar-refractivity contribution >= 4 is 33.7 Å². The SMILES string of the molecule is N=C(N)N.O.O=S(=O)(O)O.[AlH3]. The zero-order chi connectivity index (χ0) is 8.08. The van der Waals surface area contributed by atoms with Crippen molar-refractivity contribution in [3.63, 3.8) is 0 Å². The fourth-order valence-corrected chi connectivity index (χ4v) is 0. The van der Waals surface area contributed by atoms with Gasteiger partial charge in [-0.1, -0.05) is 0 Å². The number of guanidine groups is 1. The third kappa shape index (κ3) is 4150. The number of nitrogens with two attached hydrogens (primary N) is 2. The first-order valence-corrected chi connectivity index (χ1v) is 2.92. The minimum Gasteiger partial charge on any atom is -0.412 e. The van der Waals surface area contributed by atoms with Gasteiger partial charge in [0, 0.05) is 0 Å². The Morgan fingerprint density at radius 1 is 1.27 bits per heavy atom. The Kier molecular flexibility index (Phi) is 19.6. The molecule has 0 aliphatic carbocycles. The van der Waals surface area contributed by atoms with Gasteiger partial charge in [-0.15, -0.1) is 0 Å². The van der Waals surface area contributed by atoms with Crippen LogP contribution in [0.1, 0.15) is 0 Å². The first-order valence-electron chi connectivity index (χ1n) is 1.53. The molecule has 0 fully saturated rings. The zero-order valence-corrected chi connectivity index (χ0v) is 5.59. The van der Waals surface area contributed by atoms with E-state index < -0.39 is 10.4 Å². The van der Waals surface area contributed by atoms with Gasteiger partial charge in [0.05, 0.1) is 0 Å². The summed E-state index contributed by atoms with van der Waals surface area (Å²) in [6.07, 6.45) is 0. The highest BCUT2D eigenvalue weighted by Gasteiger charge is 1.84. The Morgan fingerprint density at radius 3 is 1.27 bits per heavy atom. The molecule has 0 saturated carbocycles. The van der Waals surface area contributed by atoms with Crippen LogP contribution in [0, 0.1) is 5.41 Å². The second-order valence-electron chi connectivity index (χ2n) is 0.903. The van der Waals surface area contributed by atoms with Gasteiger partial charge in [0.15, 0.2) is 23.3 Å². The summed E-state index contributed by atoms with van der Waals surface area (Å²) in [5.74, 6) is -0.333. The predicted octanol–water partition coefficient (Wildman–Crippen LogP) is -3.82. The van der Waals surface area contributed by atoms with E-state index in [1.165, 1.54) is 0 Å². The Labute approximate surface area is 74.1 Å². The summed E-state index contributed by atoms with van der Waals surface area (Å²) in [5.41, 5.74) is 8.94. The molecule has 0 aromatic heterocycles. The maximum Gasteiger partial charge on any atom is 0.394 e. The van der Waals surface area contributed by atoms with Crippen molar-refractivity contribution in [3.8, 4) is 0 Å². The van der Waals surface area contributed by atoms with E-state index >= 15 is 0 Å². The van der Waals surface area contributed by atoms with Crippen molar-refractivity contribution in [2.24, 2.45) is 11.5 Å². The summed E-state index contributed by atoms with van der Waals surface area (Å²) in [4.78, 5) is 0. The molecule has 11 heavy (non-hydrogen) atoms. The van der Waals surface area contributed by atoms with Crippen molar-refractivity contribution < 1.29 is 23.0 Å². The van der Waals surface area contributed by atoms with Gasteiger partial charge < -0.3 is 16.9 Å². The van der Waals surface area contributed by atoms with Gasteiger partial charge in [-0.25, -0.2) is 0 Å². The summed E-state index contributed by atoms with van der Waals surface area (Å²) >= 11 is 0. The summed E-state index contributed by atoms with van der Waals surface area (Å²) < 4.78 is 31.6. The zero-order valence-electron chi connectivity index (χ0n) is 4.77. The molecule has 0 heterocycles. The molecule has 0 amide bonds. The van der Waals surface area contributed by atoms with E-state index in [4.69, 9.17) is 22.9 Å². The molecule has 9 N–H and O–H groups in total. The van der Waals surface area contributed by atoms with Crippen LogP contribution < -0.4 is 11.5 Å². The van der Waals surface area contributed by atoms with Crippen molar-refractivity contribution in [1.82, 2.24) is 0 Å². The van der Waals surface area contributed by atoms with Gasteiger partial charge >= 0.3 is 10.4 Å². The van der Waals surface area contributed by atoms with Crippen LogP contribution in [0.5, 0.6) is 0 Å². The van der Waals surface area contributed by atoms with E-state index in [-0.39, 0.29) is 28.8 Å². The fraction of sp³-hybridized carbons (Fsp3) is 0. The molecular weight excluding hydrogens is 193 g/mol. The minimum atomic E-state index is -4.67. The summed E-state index contributed by atoms with van der Waals surface area (Å²) in [6, 6.07) is 0. The average molecular weight is 205 g/mol. The highest BCUT2D eigenvalue weighted by molar-refractivity contribution is 7.79. The van der Waals surface area contributed by atoms with Crippen molar-refractivity contribution in [3.05, 3.63) is 0 Å². The van der Waals surface area contributed by atoms with Crippen LogP contribution in [0.3, 0.4) is 0 Å². The monoisotopic (exact) mass is 205 g/mol. The Balaban J connectivity index is -0.0000000383. The van der Waals surface area contributed by atoms with E-state index in [2.05, 4.69) is 11.5 Å². The van der Waals surface area contributed by atoms with Gasteiger partial charge in [0.2, 0.25) is 0 Å². The van der Waals surface area contributed by atoms with E-state index in [1.54, 1.807) is 0 Å². The molecule has 0 saturated heterocycles. The molecule has 0 atom stereocenters. The molecule has 70 valence electrons. The van der Waals surface area contributed by atoms with Crippen LogP contribution >= 0.6 is 0 Å². The maximum atomic E-state index is 8.74. The van der Waals surface area contributed by atoms with Gasteiger partial charge in [0.25, 0.3) is 0 Å². The van der Waals surface area contributed by atoms with Crippen molar-refractivity contribution in [2.75, 3.05) is 0 Å². The maximum absolute atomic E-state index is 8.74. The van der Waals surface area contributed by atoms with Crippen LogP contribution in [-0.4, -0.2) is 46.3 Å². The summed E-state index contributed by atoms with van der Waals surface area (Å²) in [5, 5.41) is 6.06. The van der Waals surface area contributed by atoms with Crippen LogP contribution in [0.4, 0.5) is 0 Å². The Hall–Kier alpha value is -0.368. The normalized spacial score (nSPS) is 7.45. The lowest BCUT2D eigenvalue weighted by molar-refractivity contribution is 0.381. The molecular formula is CH12AlN3O5S. The molecule has 0 bridgehead atoms. The van der Waals surface area contributed by atoms with Gasteiger partial charge in [-0.05, 0) is 0 Å². The predicted molar refractivity (Wildman–Crippen MR) is 43.8 cm³/mol. The number of rotatable bonds is 0. The van der Waals surface area contributed by atoms with E-state index in [9.17, 15) is 0 Å². The number of nitrogens with one attached hydrogen (secondary N) is 1. The molecule has 0 aromatic carbocycles. The molecule has 0 unspecified atom stereocenters. The highest BCUT2D eigenvalue weighted by Crippen LogP contribution is 1.59. The van der Waals surface area contributed by atoms with Crippen LogP contribution in [0.15, 0.2) is 0 Å². The van der Waals surface area contributed by atoms with E-state index in [1.807, 2.05) is 0 Å². The third-order valence-electron chi connectivity index (χ3n) is 0.